The van der Waals surface area contributed by atoms with Gasteiger partial charge in [-0.25, -0.2) is 17.2 Å². The van der Waals surface area contributed by atoms with E-state index in [2.05, 4.69) is 10.0 Å². The first-order valence-electron chi connectivity index (χ1n) is 8.29. The van der Waals surface area contributed by atoms with Crippen molar-refractivity contribution in [2.24, 2.45) is 0 Å². The number of hydrogen-bond donors (Lipinski definition) is 2. The molecule has 10 heteroatoms. The number of carbonyl (C=O) groups is 1. The highest BCUT2D eigenvalue weighted by Crippen LogP contribution is 2.26. The van der Waals surface area contributed by atoms with E-state index in [-0.39, 0.29) is 29.6 Å². The Labute approximate surface area is 168 Å². The summed E-state index contributed by atoms with van der Waals surface area (Å²) in [5, 5.41) is 3.17. The molecule has 0 spiro atoms. The zero-order valence-electron chi connectivity index (χ0n) is 15.0. The van der Waals surface area contributed by atoms with Crippen LogP contribution in [0.5, 0.6) is 0 Å². The van der Waals surface area contributed by atoms with Crippen molar-refractivity contribution in [3.63, 3.8) is 0 Å². The number of sulfonamides is 1. The van der Waals surface area contributed by atoms with Crippen LogP contribution in [-0.2, 0) is 10.0 Å². The average Bonchev–Trinajstić information content (AvgIpc) is 2.62. The second-order valence-corrected chi connectivity index (χ2v) is 8.09. The molecule has 0 aliphatic carbocycles. The molecule has 1 aliphatic rings. The molecular weight excluding hydrogens is 412 g/mol. The lowest BCUT2D eigenvalue weighted by Crippen LogP contribution is -2.48. The van der Waals surface area contributed by atoms with E-state index < -0.39 is 27.7 Å². The van der Waals surface area contributed by atoms with Crippen molar-refractivity contribution >= 4 is 34.0 Å². The average molecular weight is 432 g/mol. The largest absolute Gasteiger partial charge is 0.329 e. The summed E-state index contributed by atoms with van der Waals surface area (Å²) in [6.07, 6.45) is 0.900. The standard InChI is InChI=1S/C18H19F2N3O3S.ClH/c1-27(25,26)22-16-10-13(5-6-15(16)20)18(24)23-8-7-21-11-17(23)12-3-2-4-14(19)9-12;/h2-6,9-10,17,21-22H,7-8,11H2,1H3;1H. The molecule has 1 heterocycles. The number of nitrogens with one attached hydrogen (secondary N) is 2. The summed E-state index contributed by atoms with van der Waals surface area (Å²) in [6.45, 7) is 1.39. The molecule has 1 aliphatic heterocycles. The zero-order valence-corrected chi connectivity index (χ0v) is 16.6. The molecule has 1 unspecified atom stereocenters. The first-order valence-corrected chi connectivity index (χ1v) is 10.2. The van der Waals surface area contributed by atoms with Gasteiger partial charge in [0.25, 0.3) is 5.91 Å². The van der Waals surface area contributed by atoms with E-state index in [0.717, 1.165) is 12.3 Å². The van der Waals surface area contributed by atoms with Gasteiger partial charge in [0.1, 0.15) is 11.6 Å². The summed E-state index contributed by atoms with van der Waals surface area (Å²) < 4.78 is 52.3. The Morgan fingerprint density at radius 2 is 1.96 bits per heavy atom. The molecule has 1 saturated heterocycles. The minimum atomic E-state index is -3.69. The SMILES string of the molecule is CS(=O)(=O)Nc1cc(C(=O)N2CCNCC2c2cccc(F)c2)ccc1F.Cl. The van der Waals surface area contributed by atoms with Gasteiger partial charge in [-0.3, -0.25) is 9.52 Å². The van der Waals surface area contributed by atoms with Crippen LogP contribution in [0.2, 0.25) is 0 Å². The minimum absolute atomic E-state index is 0. The summed E-state index contributed by atoms with van der Waals surface area (Å²) in [7, 11) is -3.69. The summed E-state index contributed by atoms with van der Waals surface area (Å²) >= 11 is 0. The first-order chi connectivity index (χ1) is 12.7. The van der Waals surface area contributed by atoms with E-state index in [9.17, 15) is 22.0 Å². The number of amides is 1. The van der Waals surface area contributed by atoms with Crippen molar-refractivity contribution < 1.29 is 22.0 Å². The molecule has 1 atom stereocenters. The second kappa shape index (κ2) is 8.85. The van der Waals surface area contributed by atoms with Crippen LogP contribution in [0.1, 0.15) is 22.0 Å². The van der Waals surface area contributed by atoms with Crippen LogP contribution >= 0.6 is 12.4 Å². The molecule has 2 aromatic carbocycles. The molecular formula is C18H20ClF2N3O3S. The third kappa shape index (κ3) is 5.18. The fourth-order valence-corrected chi connectivity index (χ4v) is 3.62. The summed E-state index contributed by atoms with van der Waals surface area (Å²) in [5.74, 6) is -1.56. The van der Waals surface area contributed by atoms with Crippen LogP contribution < -0.4 is 10.0 Å². The van der Waals surface area contributed by atoms with Gasteiger partial charge in [0, 0.05) is 25.2 Å². The third-order valence-electron chi connectivity index (χ3n) is 4.25. The topological polar surface area (TPSA) is 78.5 Å². The van der Waals surface area contributed by atoms with Crippen LogP contribution in [0, 0.1) is 11.6 Å². The van der Waals surface area contributed by atoms with Gasteiger partial charge >= 0.3 is 0 Å². The maximum absolute atomic E-state index is 13.9. The quantitative estimate of drug-likeness (QED) is 0.779. The Bertz CT molecular complexity index is 972. The Kier molecular flexibility index (Phi) is 6.97. The van der Waals surface area contributed by atoms with Crippen molar-refractivity contribution in [3.8, 4) is 0 Å². The van der Waals surface area contributed by atoms with Crippen molar-refractivity contribution in [1.29, 1.82) is 0 Å². The number of anilines is 1. The van der Waals surface area contributed by atoms with E-state index in [0.29, 0.717) is 25.2 Å². The van der Waals surface area contributed by atoms with E-state index in [1.165, 1.54) is 24.3 Å². The molecule has 0 bridgehead atoms. The zero-order chi connectivity index (χ0) is 19.6. The highest BCUT2D eigenvalue weighted by atomic mass is 35.5. The van der Waals surface area contributed by atoms with E-state index >= 15 is 0 Å². The summed E-state index contributed by atoms with van der Waals surface area (Å²) in [6, 6.07) is 9.14. The maximum Gasteiger partial charge on any atom is 0.254 e. The molecule has 28 heavy (non-hydrogen) atoms. The van der Waals surface area contributed by atoms with Crippen molar-refractivity contribution in [1.82, 2.24) is 10.2 Å². The Balaban J connectivity index is 0.00000280. The van der Waals surface area contributed by atoms with Crippen LogP contribution in [0.15, 0.2) is 42.5 Å². The van der Waals surface area contributed by atoms with Crippen LogP contribution in [-0.4, -0.2) is 45.1 Å². The Hall–Kier alpha value is -2.23. The van der Waals surface area contributed by atoms with Gasteiger partial charge in [-0.2, -0.15) is 0 Å². The lowest BCUT2D eigenvalue weighted by Gasteiger charge is -2.36. The minimum Gasteiger partial charge on any atom is -0.329 e. The molecule has 6 nitrogen and oxygen atoms in total. The first kappa shape index (κ1) is 22.1. The molecule has 1 amide bonds. The number of hydrogen-bond acceptors (Lipinski definition) is 4. The lowest BCUT2D eigenvalue weighted by molar-refractivity contribution is 0.0634. The molecule has 0 aromatic heterocycles. The van der Waals surface area contributed by atoms with Crippen molar-refractivity contribution in [2.75, 3.05) is 30.6 Å². The predicted molar refractivity (Wildman–Crippen MR) is 105 cm³/mol. The highest BCUT2D eigenvalue weighted by Gasteiger charge is 2.29. The van der Waals surface area contributed by atoms with E-state index in [1.54, 1.807) is 17.0 Å². The van der Waals surface area contributed by atoms with Crippen LogP contribution in [0.4, 0.5) is 14.5 Å². The normalized spacial score (nSPS) is 17.0. The predicted octanol–water partition coefficient (Wildman–Crippen LogP) is 2.54. The Morgan fingerprint density at radius 3 is 2.64 bits per heavy atom. The maximum atomic E-state index is 13.9. The van der Waals surface area contributed by atoms with Gasteiger partial charge in [-0.15, -0.1) is 12.4 Å². The molecule has 1 fully saturated rings. The number of rotatable bonds is 4. The number of benzene rings is 2. The number of piperazine rings is 1. The number of nitrogens with zero attached hydrogens (tertiary/aromatic N) is 1. The molecule has 2 aromatic rings. The molecule has 3 rings (SSSR count). The van der Waals surface area contributed by atoms with Gasteiger partial charge < -0.3 is 10.2 Å². The second-order valence-electron chi connectivity index (χ2n) is 6.34. The fourth-order valence-electron chi connectivity index (χ4n) is 3.06. The lowest BCUT2D eigenvalue weighted by atomic mass is 10.0. The summed E-state index contributed by atoms with van der Waals surface area (Å²) in [4.78, 5) is 14.6. The molecule has 152 valence electrons. The van der Waals surface area contributed by atoms with E-state index in [1.807, 2.05) is 0 Å². The summed E-state index contributed by atoms with van der Waals surface area (Å²) in [5.41, 5.74) is 0.499. The monoisotopic (exact) mass is 431 g/mol. The van der Waals surface area contributed by atoms with E-state index in [4.69, 9.17) is 0 Å². The van der Waals surface area contributed by atoms with Crippen molar-refractivity contribution in [3.05, 3.63) is 65.2 Å². The number of halogens is 3. The van der Waals surface area contributed by atoms with Gasteiger partial charge in [0.15, 0.2) is 0 Å². The van der Waals surface area contributed by atoms with Gasteiger partial charge in [0.05, 0.1) is 18.0 Å². The smallest absolute Gasteiger partial charge is 0.254 e. The Morgan fingerprint density at radius 1 is 1.21 bits per heavy atom. The van der Waals surface area contributed by atoms with Gasteiger partial charge in [0.2, 0.25) is 10.0 Å². The van der Waals surface area contributed by atoms with Crippen molar-refractivity contribution in [2.45, 2.75) is 6.04 Å². The third-order valence-corrected chi connectivity index (χ3v) is 4.84. The molecule has 0 radical (unpaired) electrons. The van der Waals surface area contributed by atoms with Crippen LogP contribution in [0.3, 0.4) is 0 Å². The van der Waals surface area contributed by atoms with Crippen LogP contribution in [0.25, 0.3) is 0 Å². The fraction of sp³-hybridized carbons (Fsp3) is 0.278. The molecule has 2 N–H and O–H groups in total. The molecule has 0 saturated carbocycles. The number of carbonyl (C=O) groups excluding carboxylic acids is 1. The van der Waals surface area contributed by atoms with Gasteiger partial charge in [-0.05, 0) is 35.9 Å². The van der Waals surface area contributed by atoms with Gasteiger partial charge in [-0.1, -0.05) is 12.1 Å². The highest BCUT2D eigenvalue weighted by molar-refractivity contribution is 7.92.